The second kappa shape index (κ2) is 8.63. The summed E-state index contributed by atoms with van der Waals surface area (Å²) in [6, 6.07) is 15.8. The smallest absolute Gasteiger partial charge is 0.240 e. The Morgan fingerprint density at radius 1 is 1.19 bits per heavy atom. The van der Waals surface area contributed by atoms with Gasteiger partial charge in [0, 0.05) is 29.7 Å². The fraction of sp³-hybridized carbons (Fsp3) is 0.250. The number of fused-ring (bicyclic) bond motifs is 1. The lowest BCUT2D eigenvalue weighted by Gasteiger charge is -2.25. The van der Waals surface area contributed by atoms with Gasteiger partial charge in [-0.2, -0.15) is 0 Å². The highest BCUT2D eigenvalue weighted by molar-refractivity contribution is 8.00. The molecule has 32 heavy (non-hydrogen) atoms. The normalized spacial score (nSPS) is 16.2. The number of carbonyl (C=O) groups excluding carboxylic acids is 1. The van der Waals surface area contributed by atoms with Crippen molar-refractivity contribution in [3.63, 3.8) is 0 Å². The number of hydrogen-bond donors (Lipinski definition) is 0. The Morgan fingerprint density at radius 2 is 2.06 bits per heavy atom. The van der Waals surface area contributed by atoms with Crippen LogP contribution in [0.5, 0.6) is 0 Å². The number of nitrogens with zero attached hydrogens (tertiary/aromatic N) is 5. The molecule has 0 spiro atoms. The van der Waals surface area contributed by atoms with Gasteiger partial charge in [0.2, 0.25) is 5.91 Å². The first-order valence-electron chi connectivity index (χ1n) is 10.6. The van der Waals surface area contributed by atoms with Crippen molar-refractivity contribution < 1.29 is 9.21 Å². The molecule has 0 fully saturated rings. The van der Waals surface area contributed by atoms with Crippen molar-refractivity contribution in [1.29, 1.82) is 0 Å². The van der Waals surface area contributed by atoms with Crippen LogP contribution in [-0.4, -0.2) is 36.9 Å². The first-order valence-corrected chi connectivity index (χ1v) is 11.4. The largest absolute Gasteiger partial charge is 0.467 e. The van der Waals surface area contributed by atoms with E-state index in [1.165, 1.54) is 17.3 Å². The molecule has 7 nitrogen and oxygen atoms in total. The number of para-hydroxylation sites is 1. The van der Waals surface area contributed by atoms with Crippen LogP contribution in [-0.2, 0) is 17.8 Å². The van der Waals surface area contributed by atoms with Gasteiger partial charge in [0.25, 0.3) is 0 Å². The molecule has 0 unspecified atom stereocenters. The van der Waals surface area contributed by atoms with E-state index < -0.39 is 0 Å². The Morgan fingerprint density at radius 3 is 2.84 bits per heavy atom. The van der Waals surface area contributed by atoms with Gasteiger partial charge in [-0.1, -0.05) is 30.0 Å². The number of benzene rings is 1. The molecule has 1 aliphatic rings. The van der Waals surface area contributed by atoms with Crippen molar-refractivity contribution in [2.24, 2.45) is 0 Å². The molecule has 162 valence electrons. The van der Waals surface area contributed by atoms with Gasteiger partial charge in [-0.3, -0.25) is 14.3 Å². The highest BCUT2D eigenvalue weighted by atomic mass is 32.2. The zero-order valence-electron chi connectivity index (χ0n) is 17.9. The minimum atomic E-state index is -0.329. The van der Waals surface area contributed by atoms with E-state index in [1.807, 2.05) is 58.9 Å². The summed E-state index contributed by atoms with van der Waals surface area (Å²) in [6.07, 6.45) is 6.00. The van der Waals surface area contributed by atoms with Crippen molar-refractivity contribution >= 4 is 23.4 Å². The number of carbonyl (C=O) groups is 1. The Hall–Kier alpha value is -3.39. The number of pyridine rings is 1. The molecule has 0 bridgehead atoms. The molecule has 1 aliphatic heterocycles. The van der Waals surface area contributed by atoms with E-state index >= 15 is 0 Å². The van der Waals surface area contributed by atoms with Crippen LogP contribution in [0.1, 0.15) is 25.2 Å². The van der Waals surface area contributed by atoms with Crippen LogP contribution in [0.2, 0.25) is 0 Å². The number of aromatic nitrogens is 4. The molecule has 0 saturated heterocycles. The van der Waals surface area contributed by atoms with E-state index in [9.17, 15) is 4.79 Å². The third-order valence-corrected chi connectivity index (χ3v) is 6.67. The second-order valence-corrected chi connectivity index (χ2v) is 9.17. The van der Waals surface area contributed by atoms with Crippen LogP contribution in [0.4, 0.5) is 5.69 Å². The fourth-order valence-electron chi connectivity index (χ4n) is 4.09. The number of amides is 1. The summed E-state index contributed by atoms with van der Waals surface area (Å²) in [6.45, 7) is 4.49. The SMILES string of the molecule is C[C@H](Sc1nnc(-c2cccnc2)n1Cc1ccco1)C(=O)N1c2ccccc2C[C@H]1C. The lowest BCUT2D eigenvalue weighted by Crippen LogP contribution is -2.40. The summed E-state index contributed by atoms with van der Waals surface area (Å²) in [5.74, 6) is 1.55. The number of thioether (sulfide) groups is 1. The average molecular weight is 446 g/mol. The van der Waals surface area contributed by atoms with E-state index in [0.29, 0.717) is 17.5 Å². The summed E-state index contributed by atoms with van der Waals surface area (Å²) in [4.78, 5) is 19.6. The van der Waals surface area contributed by atoms with Gasteiger partial charge in [0.1, 0.15) is 5.76 Å². The van der Waals surface area contributed by atoms with Crippen molar-refractivity contribution in [2.45, 2.75) is 43.3 Å². The first-order chi connectivity index (χ1) is 15.6. The molecule has 0 aliphatic carbocycles. The van der Waals surface area contributed by atoms with E-state index in [0.717, 1.165) is 23.4 Å². The molecule has 0 N–H and O–H groups in total. The molecule has 0 saturated carbocycles. The van der Waals surface area contributed by atoms with E-state index in [-0.39, 0.29) is 17.2 Å². The maximum absolute atomic E-state index is 13.4. The minimum Gasteiger partial charge on any atom is -0.467 e. The highest BCUT2D eigenvalue weighted by Crippen LogP contribution is 2.35. The third-order valence-electron chi connectivity index (χ3n) is 5.61. The summed E-state index contributed by atoms with van der Waals surface area (Å²) in [7, 11) is 0. The number of rotatable bonds is 6. The molecule has 1 amide bonds. The zero-order chi connectivity index (χ0) is 22.1. The van der Waals surface area contributed by atoms with E-state index in [1.54, 1.807) is 18.7 Å². The molecular weight excluding hydrogens is 422 g/mol. The van der Waals surface area contributed by atoms with Crippen molar-refractivity contribution in [3.8, 4) is 11.4 Å². The van der Waals surface area contributed by atoms with Gasteiger partial charge >= 0.3 is 0 Å². The van der Waals surface area contributed by atoms with Gasteiger partial charge in [0.15, 0.2) is 11.0 Å². The van der Waals surface area contributed by atoms with Crippen LogP contribution in [0, 0.1) is 0 Å². The number of hydrogen-bond acceptors (Lipinski definition) is 6. The standard InChI is InChI=1S/C24H23N5O2S/c1-16-13-18-7-3-4-10-21(18)29(16)23(30)17(2)32-24-27-26-22(19-8-5-11-25-14-19)28(24)15-20-9-6-12-31-20/h3-12,14,16-17H,13,15H2,1-2H3/t16-,17+/m1/s1. The van der Waals surface area contributed by atoms with E-state index in [4.69, 9.17) is 4.42 Å². The average Bonchev–Trinajstić information content (AvgIpc) is 3.53. The number of furan rings is 1. The fourth-order valence-corrected chi connectivity index (χ4v) is 4.99. The minimum absolute atomic E-state index is 0.0722. The summed E-state index contributed by atoms with van der Waals surface area (Å²) >= 11 is 1.42. The molecule has 4 aromatic rings. The topological polar surface area (TPSA) is 77.0 Å². The Bertz CT molecular complexity index is 1220. The molecule has 8 heteroatoms. The maximum atomic E-state index is 13.4. The Labute approximate surface area is 190 Å². The first kappa shape index (κ1) is 20.5. The van der Waals surface area contributed by atoms with Crippen LogP contribution < -0.4 is 4.90 Å². The molecule has 5 rings (SSSR count). The van der Waals surface area contributed by atoms with Crippen LogP contribution in [0.3, 0.4) is 0 Å². The summed E-state index contributed by atoms with van der Waals surface area (Å²) in [5.41, 5.74) is 3.08. The maximum Gasteiger partial charge on any atom is 0.240 e. The Kier molecular flexibility index (Phi) is 5.53. The quantitative estimate of drug-likeness (QED) is 0.409. The monoisotopic (exact) mass is 445 g/mol. The van der Waals surface area contributed by atoms with Crippen molar-refractivity contribution in [3.05, 3.63) is 78.5 Å². The summed E-state index contributed by atoms with van der Waals surface area (Å²) in [5, 5.41) is 9.17. The predicted molar refractivity (Wildman–Crippen MR) is 123 cm³/mol. The lowest BCUT2D eigenvalue weighted by atomic mass is 10.1. The zero-order valence-corrected chi connectivity index (χ0v) is 18.7. The van der Waals surface area contributed by atoms with Crippen molar-refractivity contribution in [2.75, 3.05) is 4.90 Å². The van der Waals surface area contributed by atoms with Gasteiger partial charge in [0.05, 0.1) is 18.1 Å². The van der Waals surface area contributed by atoms with Crippen LogP contribution >= 0.6 is 11.8 Å². The molecule has 3 aromatic heterocycles. The van der Waals surface area contributed by atoms with Gasteiger partial charge < -0.3 is 9.32 Å². The van der Waals surface area contributed by atoms with Crippen molar-refractivity contribution in [1.82, 2.24) is 19.7 Å². The lowest BCUT2D eigenvalue weighted by molar-refractivity contribution is -0.118. The van der Waals surface area contributed by atoms with Gasteiger partial charge in [-0.15, -0.1) is 10.2 Å². The molecule has 2 atom stereocenters. The molecule has 0 radical (unpaired) electrons. The second-order valence-electron chi connectivity index (χ2n) is 7.86. The third kappa shape index (κ3) is 3.82. The Balaban J connectivity index is 1.43. The van der Waals surface area contributed by atoms with Gasteiger partial charge in [-0.25, -0.2) is 0 Å². The number of anilines is 1. The molecule has 1 aromatic carbocycles. The summed E-state index contributed by atoms with van der Waals surface area (Å²) < 4.78 is 7.54. The van der Waals surface area contributed by atoms with E-state index in [2.05, 4.69) is 28.2 Å². The van der Waals surface area contributed by atoms with Crippen LogP contribution in [0.15, 0.2) is 76.8 Å². The van der Waals surface area contributed by atoms with Gasteiger partial charge in [-0.05, 0) is 56.2 Å². The van der Waals surface area contributed by atoms with Crippen LogP contribution in [0.25, 0.3) is 11.4 Å². The predicted octanol–water partition coefficient (Wildman–Crippen LogP) is 4.44. The molecule has 4 heterocycles. The highest BCUT2D eigenvalue weighted by Gasteiger charge is 2.34. The molecular formula is C24H23N5O2S.